The van der Waals surface area contributed by atoms with Gasteiger partial charge < -0.3 is 25.2 Å². The summed E-state index contributed by atoms with van der Waals surface area (Å²) in [6.45, 7) is 5.80. The zero-order valence-corrected chi connectivity index (χ0v) is 19.8. The van der Waals surface area contributed by atoms with Gasteiger partial charge in [0.2, 0.25) is 0 Å². The van der Waals surface area contributed by atoms with Crippen molar-refractivity contribution in [3.63, 3.8) is 0 Å². The van der Waals surface area contributed by atoms with E-state index in [-0.39, 0.29) is 18.9 Å². The van der Waals surface area contributed by atoms with E-state index in [0.29, 0.717) is 19.4 Å². The topological polar surface area (TPSA) is 114 Å². The molecule has 2 aromatic rings. The highest BCUT2D eigenvalue weighted by Gasteiger charge is 2.29. The number of carbonyl (C=O) groups is 3. The molecule has 0 aliphatic heterocycles. The van der Waals surface area contributed by atoms with E-state index in [9.17, 15) is 19.5 Å². The zero-order chi connectivity index (χ0) is 24.7. The molecule has 3 N–H and O–H groups in total. The average molecular weight is 469 g/mol. The van der Waals surface area contributed by atoms with Crippen molar-refractivity contribution in [1.82, 2.24) is 10.6 Å². The number of aliphatic carboxylic acids is 1. The molecule has 0 fully saturated rings. The van der Waals surface area contributed by atoms with Gasteiger partial charge >= 0.3 is 18.2 Å². The number of benzene rings is 2. The maximum absolute atomic E-state index is 12.4. The van der Waals surface area contributed by atoms with E-state index in [4.69, 9.17) is 9.47 Å². The highest BCUT2D eigenvalue weighted by atomic mass is 16.6. The molecule has 182 valence electrons. The lowest BCUT2D eigenvalue weighted by Crippen LogP contribution is -2.41. The van der Waals surface area contributed by atoms with Gasteiger partial charge in [-0.05, 0) is 62.3 Å². The van der Waals surface area contributed by atoms with Crippen LogP contribution in [0, 0.1) is 0 Å². The Morgan fingerprint density at radius 1 is 0.941 bits per heavy atom. The smallest absolute Gasteiger partial charge is 0.407 e. The molecule has 1 aliphatic carbocycles. The van der Waals surface area contributed by atoms with Crippen LogP contribution in [0.2, 0.25) is 0 Å². The number of unbranched alkanes of at least 4 members (excludes halogenated alkanes) is 1. The molecule has 0 bridgehead atoms. The van der Waals surface area contributed by atoms with Crippen molar-refractivity contribution in [1.29, 1.82) is 0 Å². The fourth-order valence-corrected chi connectivity index (χ4v) is 4.02. The summed E-state index contributed by atoms with van der Waals surface area (Å²) in [5.41, 5.74) is 3.84. The van der Waals surface area contributed by atoms with Crippen LogP contribution in [0.5, 0.6) is 0 Å². The first-order chi connectivity index (χ1) is 16.2. The van der Waals surface area contributed by atoms with Gasteiger partial charge in [0.1, 0.15) is 18.2 Å². The minimum absolute atomic E-state index is 0.0969. The predicted octanol–water partition coefficient (Wildman–Crippen LogP) is 4.67. The molecule has 0 aromatic heterocycles. The Morgan fingerprint density at radius 3 is 2.09 bits per heavy atom. The van der Waals surface area contributed by atoms with Gasteiger partial charge in [-0.15, -0.1) is 0 Å². The van der Waals surface area contributed by atoms with E-state index < -0.39 is 29.8 Å². The van der Waals surface area contributed by atoms with E-state index >= 15 is 0 Å². The first-order valence-corrected chi connectivity index (χ1v) is 11.5. The highest BCUT2D eigenvalue weighted by Crippen LogP contribution is 2.44. The van der Waals surface area contributed by atoms with E-state index in [1.165, 1.54) is 0 Å². The third-order valence-corrected chi connectivity index (χ3v) is 5.52. The van der Waals surface area contributed by atoms with Crippen LogP contribution in [-0.2, 0) is 14.3 Å². The molecule has 0 heterocycles. The van der Waals surface area contributed by atoms with E-state index in [1.807, 2.05) is 48.5 Å². The van der Waals surface area contributed by atoms with E-state index in [0.717, 1.165) is 22.3 Å². The van der Waals surface area contributed by atoms with Crippen molar-refractivity contribution in [2.45, 2.75) is 57.6 Å². The fraction of sp³-hybridized carbons (Fsp3) is 0.423. The molecule has 2 amide bonds. The minimum atomic E-state index is -1.13. The van der Waals surface area contributed by atoms with Crippen molar-refractivity contribution in [2.24, 2.45) is 0 Å². The van der Waals surface area contributed by atoms with Gasteiger partial charge in [0.25, 0.3) is 0 Å². The van der Waals surface area contributed by atoms with Crippen molar-refractivity contribution in [3.05, 3.63) is 59.7 Å². The van der Waals surface area contributed by atoms with Gasteiger partial charge in [-0.3, -0.25) is 0 Å². The molecular weight excluding hydrogens is 436 g/mol. The second-order valence-corrected chi connectivity index (χ2v) is 9.29. The number of rotatable bonds is 9. The van der Waals surface area contributed by atoms with Gasteiger partial charge in [0.15, 0.2) is 0 Å². The average Bonchev–Trinajstić information content (AvgIpc) is 3.09. The molecule has 8 heteroatoms. The van der Waals surface area contributed by atoms with E-state index in [1.54, 1.807) is 20.8 Å². The molecule has 0 saturated heterocycles. The van der Waals surface area contributed by atoms with Gasteiger partial charge in [0, 0.05) is 12.5 Å². The first kappa shape index (κ1) is 25.1. The number of carboxylic acids is 1. The number of ether oxygens (including phenoxy) is 2. The Balaban J connectivity index is 1.46. The zero-order valence-electron chi connectivity index (χ0n) is 19.8. The van der Waals surface area contributed by atoms with Gasteiger partial charge in [0.05, 0.1) is 0 Å². The molecular formula is C26H32N2O6. The number of fused-ring (bicyclic) bond motifs is 3. The van der Waals surface area contributed by atoms with Crippen molar-refractivity contribution >= 4 is 18.2 Å². The maximum atomic E-state index is 12.4. The molecule has 2 aromatic carbocycles. The van der Waals surface area contributed by atoms with Crippen LogP contribution in [-0.4, -0.2) is 48.1 Å². The molecule has 8 nitrogen and oxygen atoms in total. The summed E-state index contributed by atoms with van der Waals surface area (Å²) in [6.07, 6.45) is -0.0124. The van der Waals surface area contributed by atoms with Crippen molar-refractivity contribution < 1.29 is 29.0 Å². The van der Waals surface area contributed by atoms with Crippen LogP contribution in [0.3, 0.4) is 0 Å². The van der Waals surface area contributed by atoms with Crippen LogP contribution in [0.4, 0.5) is 9.59 Å². The molecule has 0 radical (unpaired) electrons. The van der Waals surface area contributed by atoms with Gasteiger partial charge in [-0.25, -0.2) is 14.4 Å². The lowest BCUT2D eigenvalue weighted by Gasteiger charge is -2.20. The summed E-state index contributed by atoms with van der Waals surface area (Å²) in [7, 11) is 0. The quantitative estimate of drug-likeness (QED) is 0.461. The van der Waals surface area contributed by atoms with Crippen molar-refractivity contribution in [3.8, 4) is 11.1 Å². The van der Waals surface area contributed by atoms with Crippen LogP contribution >= 0.6 is 0 Å². The molecule has 1 unspecified atom stereocenters. The summed E-state index contributed by atoms with van der Waals surface area (Å²) in [4.78, 5) is 35.6. The maximum Gasteiger partial charge on any atom is 0.407 e. The first-order valence-electron chi connectivity index (χ1n) is 11.5. The van der Waals surface area contributed by atoms with Gasteiger partial charge in [-0.2, -0.15) is 0 Å². The Morgan fingerprint density at radius 2 is 1.53 bits per heavy atom. The number of alkyl carbamates (subject to hydrolysis) is 2. The molecule has 0 spiro atoms. The van der Waals surface area contributed by atoms with Crippen LogP contribution in [0.1, 0.15) is 57.1 Å². The summed E-state index contributed by atoms with van der Waals surface area (Å²) in [5, 5.41) is 14.6. The minimum Gasteiger partial charge on any atom is -0.480 e. The molecule has 1 atom stereocenters. The molecule has 1 aliphatic rings. The van der Waals surface area contributed by atoms with Crippen LogP contribution in [0.15, 0.2) is 48.5 Å². The largest absolute Gasteiger partial charge is 0.480 e. The molecule has 34 heavy (non-hydrogen) atoms. The summed E-state index contributed by atoms with van der Waals surface area (Å²) in [5.74, 6) is -1.23. The normalized spacial score (nSPS) is 13.4. The van der Waals surface area contributed by atoms with Crippen LogP contribution < -0.4 is 10.6 Å². The number of amides is 2. The Kier molecular flexibility index (Phi) is 8.15. The predicted molar refractivity (Wildman–Crippen MR) is 128 cm³/mol. The highest BCUT2D eigenvalue weighted by molar-refractivity contribution is 5.81. The number of nitrogens with one attached hydrogen (secondary N) is 2. The lowest BCUT2D eigenvalue weighted by atomic mass is 9.98. The number of carboxylic acid groups (broad SMARTS) is 1. The monoisotopic (exact) mass is 468 g/mol. The van der Waals surface area contributed by atoms with Crippen molar-refractivity contribution in [2.75, 3.05) is 13.2 Å². The Labute approximate surface area is 199 Å². The standard InChI is InChI=1S/C26H32N2O6/c1-26(2,3)34-24(31)27-15-9-8-14-22(23(29)30)28-25(32)33-16-21-19-12-6-4-10-17(19)18-11-5-7-13-20(18)21/h4-7,10-13,21-22H,8-9,14-16H2,1-3H3,(H,27,31)(H,28,32)(H,29,30). The summed E-state index contributed by atoms with van der Waals surface area (Å²) >= 11 is 0. The summed E-state index contributed by atoms with van der Waals surface area (Å²) in [6, 6.07) is 14.9. The lowest BCUT2D eigenvalue weighted by molar-refractivity contribution is -0.139. The second kappa shape index (κ2) is 11.0. The molecule has 3 rings (SSSR count). The SMILES string of the molecule is CC(C)(C)OC(=O)NCCCCC(NC(=O)OCC1c2ccccc2-c2ccccc21)C(=O)O. The van der Waals surface area contributed by atoms with E-state index in [2.05, 4.69) is 10.6 Å². The number of hydrogen-bond donors (Lipinski definition) is 3. The Bertz CT molecular complexity index is 984. The Hall–Kier alpha value is -3.55. The number of hydrogen-bond acceptors (Lipinski definition) is 5. The fourth-order valence-electron chi connectivity index (χ4n) is 4.02. The summed E-state index contributed by atoms with van der Waals surface area (Å²) < 4.78 is 10.6. The van der Waals surface area contributed by atoms with Gasteiger partial charge in [-0.1, -0.05) is 48.5 Å². The third kappa shape index (κ3) is 6.73. The second-order valence-electron chi connectivity index (χ2n) is 9.29. The number of carbonyl (C=O) groups excluding carboxylic acids is 2. The molecule has 0 saturated carbocycles. The third-order valence-electron chi connectivity index (χ3n) is 5.52. The van der Waals surface area contributed by atoms with Crippen LogP contribution in [0.25, 0.3) is 11.1 Å².